The minimum Gasteiger partial charge on any atom is -0.665 e. The van der Waals surface area contributed by atoms with Crippen molar-refractivity contribution in [2.45, 2.75) is 6.42 Å². The van der Waals surface area contributed by atoms with Crippen molar-refractivity contribution in [1.29, 1.82) is 0 Å². The summed E-state index contributed by atoms with van der Waals surface area (Å²) in [4.78, 5) is 0. The molecule has 0 fully saturated rings. The summed E-state index contributed by atoms with van der Waals surface area (Å²) in [5.41, 5.74) is 0.389. The van der Waals surface area contributed by atoms with Crippen LogP contribution in [0.2, 0.25) is 0 Å². The monoisotopic (exact) mass is 170 g/mol. The van der Waals surface area contributed by atoms with Crippen molar-refractivity contribution in [2.75, 3.05) is 13.6 Å². The summed E-state index contributed by atoms with van der Waals surface area (Å²) in [5, 5.41) is 3.81. The van der Waals surface area contributed by atoms with Crippen LogP contribution >= 0.6 is 0 Å². The van der Waals surface area contributed by atoms with Gasteiger partial charge < -0.3 is 5.32 Å². The molecule has 0 aromatic heterocycles. The normalized spacial score (nSPS) is 10.2. The second-order valence-corrected chi connectivity index (χ2v) is 2.53. The van der Waals surface area contributed by atoms with Gasteiger partial charge in [-0.1, -0.05) is 0 Å². The first-order chi connectivity index (χ1) is 5.74. The topological polar surface area (TPSA) is 14.1 Å². The van der Waals surface area contributed by atoms with Gasteiger partial charge in [0.05, 0.1) is 0 Å². The van der Waals surface area contributed by atoms with Crippen LogP contribution in [0.15, 0.2) is 18.2 Å². The molecular formula is C9H10F2N-. The smallest absolute Gasteiger partial charge is 0.126 e. The van der Waals surface area contributed by atoms with Gasteiger partial charge in [-0.25, -0.2) is 8.78 Å². The van der Waals surface area contributed by atoms with E-state index < -0.39 is 5.82 Å². The van der Waals surface area contributed by atoms with Crippen LogP contribution in [-0.2, 0) is 6.42 Å². The van der Waals surface area contributed by atoms with E-state index in [0.29, 0.717) is 18.5 Å². The van der Waals surface area contributed by atoms with Crippen LogP contribution in [0.1, 0.15) is 5.56 Å². The van der Waals surface area contributed by atoms with Crippen LogP contribution < -0.4 is 0 Å². The lowest BCUT2D eigenvalue weighted by Crippen LogP contribution is -1.95. The molecule has 0 unspecified atom stereocenters. The third-order valence-corrected chi connectivity index (χ3v) is 1.61. The van der Waals surface area contributed by atoms with E-state index in [1.165, 1.54) is 6.07 Å². The average molecular weight is 170 g/mol. The van der Waals surface area contributed by atoms with Crippen LogP contribution in [0.25, 0.3) is 5.32 Å². The summed E-state index contributed by atoms with van der Waals surface area (Å²) >= 11 is 0. The summed E-state index contributed by atoms with van der Waals surface area (Å²) in [7, 11) is 1.65. The first kappa shape index (κ1) is 9.13. The largest absolute Gasteiger partial charge is 0.665 e. The molecule has 12 heavy (non-hydrogen) atoms. The summed E-state index contributed by atoms with van der Waals surface area (Å²) in [6, 6.07) is 3.46. The van der Waals surface area contributed by atoms with Crippen molar-refractivity contribution in [3.05, 3.63) is 40.7 Å². The molecule has 0 radical (unpaired) electrons. The van der Waals surface area contributed by atoms with Crippen LogP contribution in [0.5, 0.6) is 0 Å². The lowest BCUT2D eigenvalue weighted by Gasteiger charge is -2.10. The molecule has 66 valence electrons. The molecule has 0 N–H and O–H groups in total. The Morgan fingerprint density at radius 1 is 1.33 bits per heavy atom. The van der Waals surface area contributed by atoms with Gasteiger partial charge >= 0.3 is 0 Å². The van der Waals surface area contributed by atoms with Gasteiger partial charge in [-0.15, -0.1) is 6.54 Å². The van der Waals surface area contributed by atoms with E-state index in [-0.39, 0.29) is 5.82 Å². The van der Waals surface area contributed by atoms with Crippen molar-refractivity contribution < 1.29 is 8.78 Å². The lowest BCUT2D eigenvalue weighted by atomic mass is 10.1. The number of hydrogen-bond acceptors (Lipinski definition) is 0. The Bertz CT molecular complexity index is 261. The molecule has 0 aliphatic heterocycles. The molecule has 1 nitrogen and oxygen atoms in total. The van der Waals surface area contributed by atoms with Crippen molar-refractivity contribution >= 4 is 0 Å². The third-order valence-electron chi connectivity index (χ3n) is 1.61. The Hall–Kier alpha value is -0.960. The van der Waals surface area contributed by atoms with Gasteiger partial charge in [0.2, 0.25) is 0 Å². The van der Waals surface area contributed by atoms with E-state index in [1.54, 1.807) is 7.05 Å². The number of halogens is 2. The van der Waals surface area contributed by atoms with Gasteiger partial charge in [-0.2, -0.15) is 7.05 Å². The Morgan fingerprint density at radius 2 is 2.08 bits per heavy atom. The maximum atomic E-state index is 12.9. The van der Waals surface area contributed by atoms with Crippen LogP contribution in [0.3, 0.4) is 0 Å². The maximum absolute atomic E-state index is 12.9. The molecule has 1 aromatic rings. The zero-order valence-electron chi connectivity index (χ0n) is 6.85. The second-order valence-electron chi connectivity index (χ2n) is 2.53. The molecule has 1 rings (SSSR count). The highest BCUT2D eigenvalue weighted by atomic mass is 19.1. The van der Waals surface area contributed by atoms with Crippen LogP contribution in [0.4, 0.5) is 8.78 Å². The molecule has 0 bridgehead atoms. The SMILES string of the molecule is C[N-]CCc1cc(F)ccc1F. The van der Waals surface area contributed by atoms with Gasteiger partial charge in [-0.05, 0) is 30.2 Å². The van der Waals surface area contributed by atoms with Gasteiger partial charge in [0.15, 0.2) is 0 Å². The summed E-state index contributed by atoms with van der Waals surface area (Å²) in [6.45, 7) is 0.528. The van der Waals surface area contributed by atoms with E-state index in [4.69, 9.17) is 0 Å². The number of hydrogen-bond donors (Lipinski definition) is 0. The number of likely N-dealkylation sites (N-methyl/N-ethyl adjacent to an activating group) is 1. The second kappa shape index (κ2) is 4.16. The predicted molar refractivity (Wildman–Crippen MR) is 44.2 cm³/mol. The molecule has 0 amide bonds. The van der Waals surface area contributed by atoms with Crippen molar-refractivity contribution in [1.82, 2.24) is 0 Å². The zero-order valence-corrected chi connectivity index (χ0v) is 6.85. The van der Waals surface area contributed by atoms with Gasteiger partial charge in [0.25, 0.3) is 0 Å². The van der Waals surface area contributed by atoms with E-state index in [0.717, 1.165) is 12.1 Å². The van der Waals surface area contributed by atoms with Gasteiger partial charge in [0, 0.05) is 0 Å². The standard InChI is InChI=1S/C9H10F2N/c1-12-5-4-7-6-8(10)2-3-9(7)11/h2-3,6H,4-5H2,1H3/q-1. The highest BCUT2D eigenvalue weighted by molar-refractivity contribution is 5.19. The Labute approximate surface area is 70.4 Å². The molecule has 0 saturated heterocycles. The first-order valence-electron chi connectivity index (χ1n) is 3.73. The quantitative estimate of drug-likeness (QED) is 0.661. The molecule has 0 aliphatic rings. The molecule has 0 atom stereocenters. The van der Waals surface area contributed by atoms with E-state index in [9.17, 15) is 8.78 Å². The molecule has 0 saturated carbocycles. The molecule has 0 spiro atoms. The molecule has 0 aliphatic carbocycles. The van der Waals surface area contributed by atoms with Crippen molar-refractivity contribution in [3.63, 3.8) is 0 Å². The van der Waals surface area contributed by atoms with E-state index in [2.05, 4.69) is 5.32 Å². The molecule has 1 aromatic carbocycles. The Balaban J connectivity index is 2.75. The fourth-order valence-electron chi connectivity index (χ4n) is 0.967. The van der Waals surface area contributed by atoms with E-state index in [1.807, 2.05) is 0 Å². The number of rotatable bonds is 3. The van der Waals surface area contributed by atoms with Crippen LogP contribution in [-0.4, -0.2) is 13.6 Å². The highest BCUT2D eigenvalue weighted by Crippen LogP contribution is 2.10. The lowest BCUT2D eigenvalue weighted by molar-refractivity contribution is 0.586. The van der Waals surface area contributed by atoms with Crippen LogP contribution in [0, 0.1) is 11.6 Å². The first-order valence-corrected chi connectivity index (χ1v) is 3.73. The minimum absolute atomic E-state index is 0.361. The predicted octanol–water partition coefficient (Wildman–Crippen LogP) is 2.51. The molecule has 0 heterocycles. The summed E-state index contributed by atoms with van der Waals surface area (Å²) in [6.07, 6.45) is 0.458. The fraction of sp³-hybridized carbons (Fsp3) is 0.333. The maximum Gasteiger partial charge on any atom is 0.126 e. The van der Waals surface area contributed by atoms with E-state index >= 15 is 0 Å². The van der Waals surface area contributed by atoms with Gasteiger partial charge in [0.1, 0.15) is 11.6 Å². The fourth-order valence-corrected chi connectivity index (χ4v) is 0.967. The van der Waals surface area contributed by atoms with Gasteiger partial charge in [-0.3, -0.25) is 0 Å². The zero-order chi connectivity index (χ0) is 8.97. The average Bonchev–Trinajstić information content (AvgIpc) is 2.07. The number of benzene rings is 1. The number of nitrogens with zero attached hydrogens (tertiary/aromatic N) is 1. The molecule has 3 heteroatoms. The van der Waals surface area contributed by atoms with Crippen molar-refractivity contribution in [2.24, 2.45) is 0 Å². The Morgan fingerprint density at radius 3 is 2.75 bits per heavy atom. The third kappa shape index (κ3) is 2.27. The highest BCUT2D eigenvalue weighted by Gasteiger charge is 2.00. The Kier molecular flexibility index (Phi) is 3.17. The minimum atomic E-state index is -0.400. The van der Waals surface area contributed by atoms with Crippen molar-refractivity contribution in [3.8, 4) is 0 Å². The summed E-state index contributed by atoms with van der Waals surface area (Å²) in [5.74, 6) is -0.762. The molecular weight excluding hydrogens is 160 g/mol. The summed E-state index contributed by atoms with van der Waals surface area (Å²) < 4.78 is 25.5.